The van der Waals surface area contributed by atoms with Gasteiger partial charge in [-0.05, 0) is 49.9 Å². The molecule has 1 saturated heterocycles. The largest absolute Gasteiger partial charge is 0.345 e. The molecule has 0 radical (unpaired) electrons. The lowest BCUT2D eigenvalue weighted by atomic mass is 10.1. The van der Waals surface area contributed by atoms with Crippen LogP contribution in [0.4, 0.5) is 0 Å². The van der Waals surface area contributed by atoms with E-state index in [4.69, 9.17) is 4.52 Å². The van der Waals surface area contributed by atoms with Crippen LogP contribution in [0, 0.1) is 0 Å². The molecule has 2 heterocycles. The second-order valence-corrected chi connectivity index (χ2v) is 10.0. The van der Waals surface area contributed by atoms with Gasteiger partial charge in [0.1, 0.15) is 0 Å². The maximum atomic E-state index is 12.8. The minimum Gasteiger partial charge on any atom is -0.345 e. The molecule has 8 nitrogen and oxygen atoms in total. The van der Waals surface area contributed by atoms with Crippen molar-refractivity contribution in [3.05, 3.63) is 30.2 Å². The number of piperidine rings is 1. The normalized spacial score (nSPS) is 19.3. The van der Waals surface area contributed by atoms with Gasteiger partial charge in [0, 0.05) is 24.7 Å². The number of amides is 1. The minimum atomic E-state index is -3.48. The number of nitrogens with one attached hydrogen (secondary N) is 1. The van der Waals surface area contributed by atoms with Gasteiger partial charge < -0.3 is 9.84 Å². The average molecular weight is 433 g/mol. The molecule has 0 bridgehead atoms. The van der Waals surface area contributed by atoms with Crippen molar-refractivity contribution in [2.24, 2.45) is 0 Å². The summed E-state index contributed by atoms with van der Waals surface area (Å²) in [4.78, 5) is 16.9. The van der Waals surface area contributed by atoms with Gasteiger partial charge in [0.2, 0.25) is 15.8 Å². The summed E-state index contributed by atoms with van der Waals surface area (Å²) in [6.45, 7) is 1.13. The van der Waals surface area contributed by atoms with Gasteiger partial charge in [0.05, 0.1) is 4.90 Å². The van der Waals surface area contributed by atoms with E-state index in [2.05, 4.69) is 15.5 Å². The first-order valence-electron chi connectivity index (χ1n) is 10.8. The molecule has 30 heavy (non-hydrogen) atoms. The predicted octanol–water partition coefficient (Wildman–Crippen LogP) is 3.36. The number of carbonyl (C=O) groups excluding carboxylic acids is 1. The number of hydrogen-bond acceptors (Lipinski definition) is 6. The van der Waals surface area contributed by atoms with Crippen LogP contribution in [0.3, 0.4) is 0 Å². The summed E-state index contributed by atoms with van der Waals surface area (Å²) in [7, 11) is -3.48. The van der Waals surface area contributed by atoms with Crippen molar-refractivity contribution in [1.29, 1.82) is 0 Å². The molecule has 1 aromatic heterocycles. The van der Waals surface area contributed by atoms with Gasteiger partial charge in [-0.2, -0.15) is 9.29 Å². The molecule has 4 rings (SSSR count). The Morgan fingerprint density at radius 2 is 1.60 bits per heavy atom. The lowest BCUT2D eigenvalue weighted by Gasteiger charge is -2.25. The number of aromatic nitrogens is 2. The number of nitrogens with zero attached hydrogens (tertiary/aromatic N) is 3. The summed E-state index contributed by atoms with van der Waals surface area (Å²) in [5, 5.41) is 6.88. The minimum absolute atomic E-state index is 0.0701. The molecule has 2 aliphatic rings. The molecule has 0 unspecified atom stereocenters. The third kappa shape index (κ3) is 4.73. The monoisotopic (exact) mass is 432 g/mol. The molecule has 1 saturated carbocycles. The van der Waals surface area contributed by atoms with E-state index in [1.54, 1.807) is 24.3 Å². The van der Waals surface area contributed by atoms with E-state index in [1.807, 2.05) is 0 Å². The van der Waals surface area contributed by atoms with Crippen LogP contribution in [0.25, 0.3) is 11.4 Å². The van der Waals surface area contributed by atoms with Crippen molar-refractivity contribution in [3.8, 4) is 11.4 Å². The zero-order chi connectivity index (χ0) is 21.0. The topological polar surface area (TPSA) is 105 Å². The summed E-state index contributed by atoms with van der Waals surface area (Å²) >= 11 is 0. The predicted molar refractivity (Wildman–Crippen MR) is 111 cm³/mol. The van der Waals surface area contributed by atoms with Crippen molar-refractivity contribution in [3.63, 3.8) is 0 Å². The number of hydrogen-bond donors (Lipinski definition) is 1. The maximum Gasteiger partial charge on any atom is 0.316 e. The van der Waals surface area contributed by atoms with E-state index in [0.717, 1.165) is 44.9 Å². The van der Waals surface area contributed by atoms with E-state index < -0.39 is 10.0 Å². The van der Waals surface area contributed by atoms with Crippen LogP contribution in [0.5, 0.6) is 0 Å². The van der Waals surface area contributed by atoms with Crippen molar-refractivity contribution in [1.82, 2.24) is 19.8 Å². The molecule has 1 aliphatic heterocycles. The van der Waals surface area contributed by atoms with E-state index in [1.165, 1.54) is 17.1 Å². The Labute approximate surface area is 177 Å². The molecular weight excluding hydrogens is 404 g/mol. The molecule has 2 aromatic rings. The maximum absolute atomic E-state index is 12.8. The molecule has 162 valence electrons. The first-order valence-corrected chi connectivity index (χ1v) is 12.2. The lowest BCUT2D eigenvalue weighted by Crippen LogP contribution is -2.35. The number of sulfonamides is 1. The second-order valence-electron chi connectivity index (χ2n) is 8.07. The summed E-state index contributed by atoms with van der Waals surface area (Å²) in [6.07, 6.45) is 9.46. The van der Waals surface area contributed by atoms with Gasteiger partial charge in [0.15, 0.2) is 0 Å². The average Bonchev–Trinajstić information content (AvgIpc) is 3.13. The highest BCUT2D eigenvalue weighted by Gasteiger charge is 2.26. The summed E-state index contributed by atoms with van der Waals surface area (Å²) < 4.78 is 32.2. The molecule has 9 heteroatoms. The van der Waals surface area contributed by atoms with Gasteiger partial charge in [-0.1, -0.05) is 37.3 Å². The van der Waals surface area contributed by atoms with Crippen LogP contribution in [0.15, 0.2) is 33.7 Å². The van der Waals surface area contributed by atoms with Crippen LogP contribution < -0.4 is 5.32 Å². The fraction of sp³-hybridized carbons (Fsp3) is 0.571. The molecule has 1 aromatic carbocycles. The van der Waals surface area contributed by atoms with Gasteiger partial charge in [-0.15, -0.1) is 0 Å². The van der Waals surface area contributed by atoms with Gasteiger partial charge in [-0.25, -0.2) is 8.42 Å². The van der Waals surface area contributed by atoms with E-state index in [0.29, 0.717) is 18.7 Å². The van der Waals surface area contributed by atoms with E-state index >= 15 is 0 Å². The van der Waals surface area contributed by atoms with Gasteiger partial charge in [-0.3, -0.25) is 4.79 Å². The molecule has 1 amide bonds. The van der Waals surface area contributed by atoms with Crippen LogP contribution >= 0.6 is 0 Å². The Bertz CT molecular complexity index is 957. The van der Waals surface area contributed by atoms with Crippen LogP contribution in [-0.4, -0.2) is 47.9 Å². The quantitative estimate of drug-likeness (QED) is 0.726. The van der Waals surface area contributed by atoms with Crippen LogP contribution in [0.1, 0.15) is 68.5 Å². The van der Waals surface area contributed by atoms with Gasteiger partial charge in [0.25, 0.3) is 0 Å². The Kier molecular flexibility index (Phi) is 6.48. The highest BCUT2D eigenvalue weighted by Crippen LogP contribution is 2.24. The SMILES string of the molecule is O=C(NC1CCCCCC1)c1nc(-c2ccc(S(=O)(=O)N3CCCCC3)cc2)no1. The van der Waals surface area contributed by atoms with Crippen molar-refractivity contribution in [2.45, 2.75) is 68.7 Å². The van der Waals surface area contributed by atoms with E-state index in [-0.39, 0.29) is 28.6 Å². The zero-order valence-corrected chi connectivity index (χ0v) is 17.9. The zero-order valence-electron chi connectivity index (χ0n) is 17.0. The van der Waals surface area contributed by atoms with Crippen molar-refractivity contribution >= 4 is 15.9 Å². The highest BCUT2D eigenvalue weighted by atomic mass is 32.2. The van der Waals surface area contributed by atoms with Gasteiger partial charge >= 0.3 is 11.8 Å². The molecule has 2 fully saturated rings. The Balaban J connectivity index is 1.43. The third-order valence-corrected chi connectivity index (χ3v) is 7.79. The van der Waals surface area contributed by atoms with E-state index in [9.17, 15) is 13.2 Å². The van der Waals surface area contributed by atoms with Crippen molar-refractivity contribution < 1.29 is 17.7 Å². The Hall–Kier alpha value is -2.26. The third-order valence-electron chi connectivity index (χ3n) is 5.88. The first-order chi connectivity index (χ1) is 14.5. The van der Waals surface area contributed by atoms with Crippen LogP contribution in [0.2, 0.25) is 0 Å². The molecule has 1 aliphatic carbocycles. The molecule has 0 atom stereocenters. The smallest absolute Gasteiger partial charge is 0.316 e. The van der Waals surface area contributed by atoms with Crippen LogP contribution in [-0.2, 0) is 10.0 Å². The summed E-state index contributed by atoms with van der Waals surface area (Å²) in [6, 6.07) is 6.56. The second kappa shape index (κ2) is 9.26. The number of carbonyl (C=O) groups is 1. The molecule has 1 N–H and O–H groups in total. The lowest BCUT2D eigenvalue weighted by molar-refractivity contribution is 0.0889. The molecule has 0 spiro atoms. The Morgan fingerprint density at radius 1 is 0.967 bits per heavy atom. The highest BCUT2D eigenvalue weighted by molar-refractivity contribution is 7.89. The summed E-state index contributed by atoms with van der Waals surface area (Å²) in [5.41, 5.74) is 0.602. The standard InChI is InChI=1S/C21H28N4O4S/c26-20(22-17-8-4-1-2-5-9-17)21-23-19(24-29-21)16-10-12-18(13-11-16)30(27,28)25-14-6-3-7-15-25/h10-13,17H,1-9,14-15H2,(H,22,26). The summed E-state index contributed by atoms with van der Waals surface area (Å²) in [5.74, 6) is -0.160. The molecular formula is C21H28N4O4S. The Morgan fingerprint density at radius 3 is 2.27 bits per heavy atom. The fourth-order valence-corrected chi connectivity index (χ4v) is 5.65. The number of rotatable bonds is 5. The first kappa shape index (κ1) is 21.0. The number of benzene rings is 1. The fourth-order valence-electron chi connectivity index (χ4n) is 4.13. The van der Waals surface area contributed by atoms with Crippen molar-refractivity contribution in [2.75, 3.05) is 13.1 Å².